The predicted octanol–water partition coefficient (Wildman–Crippen LogP) is 2.19. The second kappa shape index (κ2) is 4.09. The number of aliphatic carboxylic acids is 1. The Bertz CT molecular complexity index is 343. The maximum absolute atomic E-state index is 10.6. The summed E-state index contributed by atoms with van der Waals surface area (Å²) in [7, 11) is 0. The molecule has 1 unspecified atom stereocenters. The Labute approximate surface area is 88.6 Å². The molecule has 0 bridgehead atoms. The van der Waals surface area contributed by atoms with E-state index in [9.17, 15) is 4.79 Å². The van der Waals surface area contributed by atoms with Gasteiger partial charge in [0, 0.05) is 9.50 Å². The molecule has 0 aromatic heterocycles. The van der Waals surface area contributed by atoms with E-state index >= 15 is 0 Å². The zero-order valence-electron chi connectivity index (χ0n) is 6.50. The highest BCUT2D eigenvalue weighted by molar-refractivity contribution is 9.10. The fourth-order valence-electron chi connectivity index (χ4n) is 0.887. The van der Waals surface area contributed by atoms with Crippen LogP contribution in [0.2, 0.25) is 5.02 Å². The second-order valence-corrected chi connectivity index (χ2v) is 3.77. The van der Waals surface area contributed by atoms with Crippen molar-refractivity contribution in [3.8, 4) is 0 Å². The molecule has 0 saturated carbocycles. The van der Waals surface area contributed by atoms with Crippen molar-refractivity contribution in [3.63, 3.8) is 0 Å². The van der Waals surface area contributed by atoms with Crippen LogP contribution in [-0.2, 0) is 4.79 Å². The van der Waals surface area contributed by atoms with E-state index in [1.165, 1.54) is 0 Å². The highest BCUT2D eigenvalue weighted by Crippen LogP contribution is 2.25. The zero-order chi connectivity index (χ0) is 10.0. The first-order chi connectivity index (χ1) is 6.02. The van der Waals surface area contributed by atoms with Gasteiger partial charge in [-0.15, -0.1) is 0 Å². The van der Waals surface area contributed by atoms with Crippen LogP contribution in [0.5, 0.6) is 0 Å². The normalized spacial score (nSPS) is 12.5. The quantitative estimate of drug-likeness (QED) is 0.860. The average molecular weight is 265 g/mol. The molecule has 3 N–H and O–H groups in total. The molecule has 0 spiro atoms. The van der Waals surface area contributed by atoms with Crippen LogP contribution in [-0.4, -0.2) is 11.1 Å². The smallest absolute Gasteiger partial charge is 0.325 e. The molecule has 0 aliphatic heterocycles. The Morgan fingerprint density at radius 3 is 2.69 bits per heavy atom. The summed E-state index contributed by atoms with van der Waals surface area (Å²) in [4.78, 5) is 10.6. The van der Waals surface area contributed by atoms with E-state index in [2.05, 4.69) is 15.9 Å². The third-order valence-electron chi connectivity index (χ3n) is 1.56. The van der Waals surface area contributed by atoms with Gasteiger partial charge in [0.1, 0.15) is 6.04 Å². The fraction of sp³-hybridized carbons (Fsp3) is 0.125. The third kappa shape index (κ3) is 2.43. The van der Waals surface area contributed by atoms with Crippen LogP contribution in [0.25, 0.3) is 0 Å². The van der Waals surface area contributed by atoms with Crippen LogP contribution in [0.4, 0.5) is 0 Å². The Balaban J connectivity index is 3.08. The first kappa shape index (κ1) is 10.5. The van der Waals surface area contributed by atoms with Crippen LogP contribution < -0.4 is 5.73 Å². The zero-order valence-corrected chi connectivity index (χ0v) is 8.84. The van der Waals surface area contributed by atoms with Crippen molar-refractivity contribution in [1.82, 2.24) is 0 Å². The summed E-state index contributed by atoms with van der Waals surface area (Å²) in [5.41, 5.74) is 5.93. The summed E-state index contributed by atoms with van der Waals surface area (Å²) in [5, 5.41) is 9.19. The van der Waals surface area contributed by atoms with E-state index in [1.54, 1.807) is 18.2 Å². The third-order valence-corrected chi connectivity index (χ3v) is 2.49. The van der Waals surface area contributed by atoms with Crippen molar-refractivity contribution < 1.29 is 9.90 Å². The molecule has 1 rings (SSSR count). The van der Waals surface area contributed by atoms with Gasteiger partial charge in [0.15, 0.2) is 0 Å². The fourth-order valence-corrected chi connectivity index (χ4v) is 1.82. The molecular weight excluding hydrogens is 257 g/mol. The maximum Gasteiger partial charge on any atom is 0.325 e. The van der Waals surface area contributed by atoms with Crippen LogP contribution in [0.3, 0.4) is 0 Å². The van der Waals surface area contributed by atoms with Gasteiger partial charge in [0.2, 0.25) is 0 Å². The molecule has 0 amide bonds. The molecule has 1 aromatic carbocycles. The molecular formula is C8H7BrClNO2. The molecule has 0 aliphatic carbocycles. The minimum absolute atomic E-state index is 0.511. The lowest BCUT2D eigenvalue weighted by Crippen LogP contribution is -2.20. The van der Waals surface area contributed by atoms with Gasteiger partial charge in [-0.2, -0.15) is 0 Å². The number of benzene rings is 1. The molecule has 1 aromatic rings. The molecule has 70 valence electrons. The van der Waals surface area contributed by atoms with Gasteiger partial charge in [-0.1, -0.05) is 33.6 Å². The summed E-state index contributed by atoms with van der Waals surface area (Å²) < 4.78 is 0.606. The number of rotatable bonds is 2. The topological polar surface area (TPSA) is 63.3 Å². The minimum atomic E-state index is -1.07. The standard InChI is InChI=1S/C8H7BrClNO2/c9-6-3-4(10)1-2-5(6)7(11)8(12)13/h1-3,7H,11H2,(H,12,13). The number of hydrogen-bond donors (Lipinski definition) is 2. The number of halogens is 2. The molecule has 1 atom stereocenters. The Morgan fingerprint density at radius 2 is 2.23 bits per heavy atom. The molecule has 0 fully saturated rings. The first-order valence-electron chi connectivity index (χ1n) is 3.45. The van der Waals surface area contributed by atoms with Gasteiger partial charge in [0.25, 0.3) is 0 Å². The SMILES string of the molecule is NC(C(=O)O)c1ccc(Cl)cc1Br. The van der Waals surface area contributed by atoms with E-state index in [0.717, 1.165) is 0 Å². The largest absolute Gasteiger partial charge is 0.480 e. The molecule has 0 saturated heterocycles. The Morgan fingerprint density at radius 1 is 1.62 bits per heavy atom. The molecule has 3 nitrogen and oxygen atoms in total. The average Bonchev–Trinajstić information content (AvgIpc) is 2.03. The maximum atomic E-state index is 10.6. The lowest BCUT2D eigenvalue weighted by atomic mass is 10.1. The Hall–Kier alpha value is -0.580. The van der Waals surface area contributed by atoms with E-state index in [4.69, 9.17) is 22.4 Å². The summed E-state index contributed by atoms with van der Waals surface area (Å²) in [5.74, 6) is -1.07. The lowest BCUT2D eigenvalue weighted by Gasteiger charge is -2.08. The van der Waals surface area contributed by atoms with E-state index in [1.807, 2.05) is 0 Å². The highest BCUT2D eigenvalue weighted by atomic mass is 79.9. The van der Waals surface area contributed by atoms with Crippen LogP contribution >= 0.6 is 27.5 Å². The van der Waals surface area contributed by atoms with Crippen LogP contribution in [0.1, 0.15) is 11.6 Å². The van der Waals surface area contributed by atoms with Crippen molar-refractivity contribution in [2.45, 2.75) is 6.04 Å². The van der Waals surface area contributed by atoms with Crippen LogP contribution in [0.15, 0.2) is 22.7 Å². The predicted molar refractivity (Wildman–Crippen MR) is 53.7 cm³/mol. The molecule has 13 heavy (non-hydrogen) atoms. The lowest BCUT2D eigenvalue weighted by molar-refractivity contribution is -0.138. The van der Waals surface area contributed by atoms with Gasteiger partial charge in [-0.05, 0) is 17.7 Å². The molecule has 0 radical (unpaired) electrons. The molecule has 0 aliphatic rings. The van der Waals surface area contributed by atoms with Gasteiger partial charge < -0.3 is 10.8 Å². The van der Waals surface area contributed by atoms with Crippen molar-refractivity contribution in [2.75, 3.05) is 0 Å². The molecule has 5 heteroatoms. The van der Waals surface area contributed by atoms with E-state index < -0.39 is 12.0 Å². The van der Waals surface area contributed by atoms with Crippen molar-refractivity contribution in [2.24, 2.45) is 5.73 Å². The monoisotopic (exact) mass is 263 g/mol. The number of nitrogens with two attached hydrogens (primary N) is 1. The van der Waals surface area contributed by atoms with Gasteiger partial charge >= 0.3 is 5.97 Å². The summed E-state index contributed by atoms with van der Waals surface area (Å²) >= 11 is 8.87. The van der Waals surface area contributed by atoms with Crippen molar-refractivity contribution >= 4 is 33.5 Å². The van der Waals surface area contributed by atoms with Gasteiger partial charge in [-0.3, -0.25) is 4.79 Å². The van der Waals surface area contributed by atoms with E-state index in [0.29, 0.717) is 15.1 Å². The van der Waals surface area contributed by atoms with Gasteiger partial charge in [0.05, 0.1) is 0 Å². The van der Waals surface area contributed by atoms with Crippen molar-refractivity contribution in [3.05, 3.63) is 33.3 Å². The Kier molecular flexibility index (Phi) is 3.30. The summed E-state index contributed by atoms with van der Waals surface area (Å²) in [6.07, 6.45) is 0. The highest BCUT2D eigenvalue weighted by Gasteiger charge is 2.16. The summed E-state index contributed by atoms with van der Waals surface area (Å²) in [6.45, 7) is 0. The molecule has 0 heterocycles. The second-order valence-electron chi connectivity index (χ2n) is 2.48. The van der Waals surface area contributed by atoms with E-state index in [-0.39, 0.29) is 0 Å². The number of carboxylic acid groups (broad SMARTS) is 1. The number of carboxylic acids is 1. The van der Waals surface area contributed by atoms with Gasteiger partial charge in [-0.25, -0.2) is 0 Å². The first-order valence-corrected chi connectivity index (χ1v) is 4.63. The summed E-state index contributed by atoms with van der Waals surface area (Å²) in [6, 6.07) is 3.78. The minimum Gasteiger partial charge on any atom is -0.480 e. The van der Waals surface area contributed by atoms with Crippen molar-refractivity contribution in [1.29, 1.82) is 0 Å². The number of hydrogen-bond acceptors (Lipinski definition) is 2. The number of carbonyl (C=O) groups is 1. The van der Waals surface area contributed by atoms with Crippen LogP contribution in [0, 0.1) is 0 Å².